The summed E-state index contributed by atoms with van der Waals surface area (Å²) < 4.78 is 0.971. The number of aromatic amines is 1. The number of H-pyrrole nitrogens is 1. The molecule has 29 heavy (non-hydrogen) atoms. The summed E-state index contributed by atoms with van der Waals surface area (Å²) in [5, 5.41) is 13.6. The predicted octanol–water partition coefficient (Wildman–Crippen LogP) is 3.10. The first-order valence-corrected chi connectivity index (χ1v) is 9.05. The van der Waals surface area contributed by atoms with Crippen LogP contribution in [-0.4, -0.2) is 26.9 Å². The average molecular weight is 413 g/mol. The monoisotopic (exact) mass is 412 g/mol. The molecule has 0 atom stereocenters. The number of carbonyl (C=O) groups is 1. The van der Waals surface area contributed by atoms with E-state index in [0.717, 1.165) is 16.3 Å². The molecule has 148 valence electrons. The number of aromatic nitrogens is 2. The van der Waals surface area contributed by atoms with Gasteiger partial charge in [0, 0.05) is 10.7 Å². The van der Waals surface area contributed by atoms with Crippen molar-refractivity contribution in [3.05, 3.63) is 85.5 Å². The van der Waals surface area contributed by atoms with Crippen LogP contribution < -0.4 is 16.6 Å². The van der Waals surface area contributed by atoms with Crippen molar-refractivity contribution in [3.8, 4) is 11.6 Å². The Morgan fingerprint density at radius 2 is 1.90 bits per heavy atom. The molecule has 0 unspecified atom stereocenters. The molecule has 0 aliphatic rings. The first kappa shape index (κ1) is 20.1. The molecule has 0 radical (unpaired) electrons. The van der Waals surface area contributed by atoms with Crippen LogP contribution in [0, 0.1) is 0 Å². The normalized spacial score (nSPS) is 11.0. The van der Waals surface area contributed by atoms with E-state index in [-0.39, 0.29) is 5.56 Å². The van der Waals surface area contributed by atoms with Crippen molar-refractivity contribution in [1.29, 1.82) is 0 Å². The van der Waals surface area contributed by atoms with Gasteiger partial charge >= 0.3 is 11.7 Å². The third kappa shape index (κ3) is 4.44. The molecule has 9 heteroatoms. The smallest absolute Gasteiger partial charge is 0.345 e. The van der Waals surface area contributed by atoms with Crippen LogP contribution in [0.2, 0.25) is 5.02 Å². The number of anilines is 1. The number of carbonyl (C=O) groups excluding carboxylic acids is 1. The van der Waals surface area contributed by atoms with E-state index in [1.54, 1.807) is 48.5 Å². The first-order chi connectivity index (χ1) is 13.9. The number of rotatable bonds is 4. The molecule has 0 aliphatic carbocycles. The van der Waals surface area contributed by atoms with Gasteiger partial charge in [-0.3, -0.25) is 9.78 Å². The van der Waals surface area contributed by atoms with Crippen LogP contribution in [0.4, 0.5) is 10.5 Å². The Morgan fingerprint density at radius 1 is 1.21 bits per heavy atom. The molecule has 0 saturated heterocycles. The fraction of sp³-hybridized carbons (Fsp3) is 0.100. The van der Waals surface area contributed by atoms with E-state index in [9.17, 15) is 19.5 Å². The number of aliphatic imine (C=N–C) groups is 1. The van der Waals surface area contributed by atoms with E-state index in [1.807, 2.05) is 6.92 Å². The summed E-state index contributed by atoms with van der Waals surface area (Å²) in [4.78, 5) is 42.2. The van der Waals surface area contributed by atoms with E-state index >= 15 is 0 Å². The van der Waals surface area contributed by atoms with Crippen molar-refractivity contribution in [2.45, 2.75) is 13.3 Å². The van der Waals surface area contributed by atoms with Gasteiger partial charge in [-0.25, -0.2) is 19.1 Å². The van der Waals surface area contributed by atoms with Crippen LogP contribution in [-0.2, 0) is 6.42 Å². The van der Waals surface area contributed by atoms with Gasteiger partial charge < -0.3 is 10.4 Å². The van der Waals surface area contributed by atoms with Crippen LogP contribution >= 0.6 is 11.6 Å². The predicted molar refractivity (Wildman–Crippen MR) is 112 cm³/mol. The Balaban J connectivity index is 1.96. The highest BCUT2D eigenvalue weighted by Gasteiger charge is 2.16. The van der Waals surface area contributed by atoms with E-state index in [1.165, 1.54) is 0 Å². The number of urea groups is 1. The maximum Gasteiger partial charge on any atom is 0.345 e. The van der Waals surface area contributed by atoms with Gasteiger partial charge in [-0.15, -0.1) is 0 Å². The molecule has 0 bridgehead atoms. The van der Waals surface area contributed by atoms with E-state index in [4.69, 9.17) is 11.6 Å². The lowest BCUT2D eigenvalue weighted by Gasteiger charge is -2.13. The van der Waals surface area contributed by atoms with E-state index < -0.39 is 23.2 Å². The summed E-state index contributed by atoms with van der Waals surface area (Å²) in [6, 6.07) is 12.6. The van der Waals surface area contributed by atoms with Crippen molar-refractivity contribution >= 4 is 29.5 Å². The highest BCUT2D eigenvalue weighted by atomic mass is 35.5. The van der Waals surface area contributed by atoms with Crippen molar-refractivity contribution in [2.24, 2.45) is 4.99 Å². The summed E-state index contributed by atoms with van der Waals surface area (Å²) in [5.74, 6) is -0.609. The molecule has 2 amide bonds. The quantitative estimate of drug-likeness (QED) is 0.571. The maximum absolute atomic E-state index is 12.3. The summed E-state index contributed by atoms with van der Waals surface area (Å²) in [7, 11) is 0. The molecule has 0 saturated carbocycles. The molecule has 0 aliphatic heterocycles. The fourth-order valence-corrected chi connectivity index (χ4v) is 2.84. The molecule has 1 heterocycles. The van der Waals surface area contributed by atoms with Crippen LogP contribution in [0.3, 0.4) is 0 Å². The van der Waals surface area contributed by atoms with Crippen LogP contribution in [0.25, 0.3) is 5.69 Å². The SMILES string of the molecule is CCc1ccccc1-n1c(O)c(C=NC(=O)Nc2ccc(Cl)cc2)c(=O)[nH]c1=O. The third-order valence-corrected chi connectivity index (χ3v) is 4.39. The third-order valence-electron chi connectivity index (χ3n) is 4.14. The lowest BCUT2D eigenvalue weighted by atomic mass is 10.1. The molecule has 3 aromatic rings. The minimum absolute atomic E-state index is 0.318. The zero-order valence-corrected chi connectivity index (χ0v) is 16.1. The van der Waals surface area contributed by atoms with Gasteiger partial charge in [0.15, 0.2) is 0 Å². The molecule has 3 N–H and O–H groups in total. The summed E-state index contributed by atoms with van der Waals surface area (Å²) in [6.07, 6.45) is 1.51. The Hall–Kier alpha value is -3.65. The van der Waals surface area contributed by atoms with Gasteiger partial charge in [-0.05, 0) is 42.3 Å². The molecule has 0 fully saturated rings. The lowest BCUT2D eigenvalue weighted by molar-refractivity contribution is 0.259. The van der Waals surface area contributed by atoms with Gasteiger partial charge in [0.25, 0.3) is 5.56 Å². The molecule has 2 aromatic carbocycles. The van der Waals surface area contributed by atoms with Crippen LogP contribution in [0.15, 0.2) is 63.1 Å². The number of nitrogens with one attached hydrogen (secondary N) is 2. The molecular weight excluding hydrogens is 396 g/mol. The first-order valence-electron chi connectivity index (χ1n) is 8.68. The second kappa shape index (κ2) is 8.57. The van der Waals surface area contributed by atoms with Crippen molar-refractivity contribution < 1.29 is 9.90 Å². The summed E-state index contributed by atoms with van der Waals surface area (Å²) in [6.45, 7) is 1.90. The van der Waals surface area contributed by atoms with Crippen molar-refractivity contribution in [3.63, 3.8) is 0 Å². The van der Waals surface area contributed by atoms with Gasteiger partial charge in [-0.1, -0.05) is 36.7 Å². The maximum atomic E-state index is 12.3. The molecule has 8 nitrogen and oxygen atoms in total. The number of para-hydroxylation sites is 1. The van der Waals surface area contributed by atoms with E-state index in [0.29, 0.717) is 22.8 Å². The minimum atomic E-state index is -0.860. The fourth-order valence-electron chi connectivity index (χ4n) is 2.72. The molecule has 1 aromatic heterocycles. The standard InChI is InChI=1S/C20H17ClN4O4/c1-2-12-5-3-4-6-16(12)25-18(27)15(17(26)24-20(25)29)11-22-19(28)23-14-9-7-13(21)8-10-14/h3-11,27H,2H2,1H3,(H,23,28)(H,24,26,29). The number of hydrogen-bond acceptors (Lipinski definition) is 4. The van der Waals surface area contributed by atoms with Gasteiger partial charge in [0.2, 0.25) is 5.88 Å². The van der Waals surface area contributed by atoms with Crippen molar-refractivity contribution in [1.82, 2.24) is 9.55 Å². The van der Waals surface area contributed by atoms with Gasteiger partial charge in [-0.2, -0.15) is 0 Å². The number of aryl methyl sites for hydroxylation is 1. The number of nitrogens with zero attached hydrogens (tertiary/aromatic N) is 2. The second-order valence-electron chi connectivity index (χ2n) is 6.01. The second-order valence-corrected chi connectivity index (χ2v) is 6.45. The van der Waals surface area contributed by atoms with Crippen LogP contribution in [0.5, 0.6) is 5.88 Å². The number of benzene rings is 2. The number of amides is 2. The summed E-state index contributed by atoms with van der Waals surface area (Å²) in [5.41, 5.74) is -0.301. The highest BCUT2D eigenvalue weighted by Crippen LogP contribution is 2.19. The Bertz CT molecular complexity index is 1200. The minimum Gasteiger partial charge on any atom is -0.493 e. The Labute approximate surface area is 170 Å². The molecule has 0 spiro atoms. The van der Waals surface area contributed by atoms with Crippen molar-refractivity contribution in [2.75, 3.05) is 5.32 Å². The number of aromatic hydroxyl groups is 1. The molecule has 3 rings (SSSR count). The zero-order valence-electron chi connectivity index (χ0n) is 15.3. The van der Waals surface area contributed by atoms with Gasteiger partial charge in [0.05, 0.1) is 11.9 Å². The summed E-state index contributed by atoms with van der Waals surface area (Å²) >= 11 is 5.79. The Morgan fingerprint density at radius 3 is 2.59 bits per heavy atom. The zero-order chi connectivity index (χ0) is 21.0. The largest absolute Gasteiger partial charge is 0.493 e. The number of halogens is 1. The topological polar surface area (TPSA) is 117 Å². The molecular formula is C20H17ClN4O4. The highest BCUT2D eigenvalue weighted by molar-refractivity contribution is 6.30. The van der Waals surface area contributed by atoms with E-state index in [2.05, 4.69) is 15.3 Å². The number of hydrogen-bond donors (Lipinski definition) is 3. The Kier molecular flexibility index (Phi) is 5.94. The average Bonchev–Trinajstić information content (AvgIpc) is 2.69. The lowest BCUT2D eigenvalue weighted by Crippen LogP contribution is -2.32. The van der Waals surface area contributed by atoms with Crippen LogP contribution in [0.1, 0.15) is 18.1 Å². The van der Waals surface area contributed by atoms with Gasteiger partial charge in [0.1, 0.15) is 5.56 Å².